The molecule has 6 nitrogen and oxygen atoms in total. The molecule has 1 fully saturated rings. The summed E-state index contributed by atoms with van der Waals surface area (Å²) in [5.74, 6) is 2.80. The maximum absolute atomic E-state index is 5.78. The first-order valence-corrected chi connectivity index (χ1v) is 7.40. The second-order valence-electron chi connectivity index (χ2n) is 5.58. The Morgan fingerprint density at radius 2 is 2.00 bits per heavy atom. The molecule has 0 radical (unpaired) electrons. The minimum atomic E-state index is 0.352. The van der Waals surface area contributed by atoms with Crippen LogP contribution in [-0.2, 0) is 6.42 Å². The number of nitrogens with one attached hydrogen (secondary N) is 1. The van der Waals surface area contributed by atoms with Gasteiger partial charge in [-0.05, 0) is 43.0 Å². The number of rotatable bonds is 5. The van der Waals surface area contributed by atoms with Gasteiger partial charge in [0.25, 0.3) is 11.8 Å². The Kier molecular flexibility index (Phi) is 3.14. The summed E-state index contributed by atoms with van der Waals surface area (Å²) < 4.78 is 11.1. The summed E-state index contributed by atoms with van der Waals surface area (Å²) in [5.41, 5.74) is 1.68. The lowest BCUT2D eigenvalue weighted by Gasteiger charge is -1.98. The third-order valence-electron chi connectivity index (χ3n) is 3.65. The fourth-order valence-corrected chi connectivity index (χ4v) is 2.32. The van der Waals surface area contributed by atoms with E-state index in [1.54, 1.807) is 0 Å². The molecule has 0 bridgehead atoms. The van der Waals surface area contributed by atoms with E-state index in [-0.39, 0.29) is 0 Å². The highest BCUT2D eigenvalue weighted by Crippen LogP contribution is 2.34. The van der Waals surface area contributed by atoms with Gasteiger partial charge in [0.15, 0.2) is 5.89 Å². The molecule has 0 spiro atoms. The number of benzene rings is 1. The Balaban J connectivity index is 1.54. The van der Waals surface area contributed by atoms with E-state index >= 15 is 0 Å². The van der Waals surface area contributed by atoms with Crippen LogP contribution in [0.3, 0.4) is 0 Å². The molecule has 6 heteroatoms. The SMILES string of the molecule is Cc1nc(CC2CC2)oc1-c1nc(Nc2ccccc2)no1. The van der Waals surface area contributed by atoms with Gasteiger partial charge in [-0.2, -0.15) is 4.98 Å². The third kappa shape index (κ3) is 2.72. The van der Waals surface area contributed by atoms with Crippen LogP contribution in [0, 0.1) is 12.8 Å². The lowest BCUT2D eigenvalue weighted by Crippen LogP contribution is -1.91. The van der Waals surface area contributed by atoms with Gasteiger partial charge in [0, 0.05) is 12.1 Å². The zero-order valence-electron chi connectivity index (χ0n) is 12.2. The molecule has 3 aromatic rings. The van der Waals surface area contributed by atoms with Gasteiger partial charge in [0.05, 0.1) is 5.69 Å². The molecular formula is C16H16N4O2. The molecule has 1 N–H and O–H groups in total. The zero-order valence-corrected chi connectivity index (χ0v) is 12.2. The summed E-state index contributed by atoms with van der Waals surface area (Å²) in [4.78, 5) is 8.77. The van der Waals surface area contributed by atoms with Crippen molar-refractivity contribution in [1.82, 2.24) is 15.1 Å². The molecule has 0 unspecified atom stereocenters. The first-order chi connectivity index (χ1) is 10.8. The van der Waals surface area contributed by atoms with Crippen LogP contribution in [-0.4, -0.2) is 15.1 Å². The molecule has 4 rings (SSSR count). The van der Waals surface area contributed by atoms with E-state index in [9.17, 15) is 0 Å². The van der Waals surface area contributed by atoms with Gasteiger partial charge in [-0.1, -0.05) is 18.2 Å². The Morgan fingerprint density at radius 1 is 1.18 bits per heavy atom. The van der Waals surface area contributed by atoms with Crippen molar-refractivity contribution in [3.05, 3.63) is 41.9 Å². The highest BCUT2D eigenvalue weighted by Gasteiger charge is 2.26. The Labute approximate surface area is 127 Å². The van der Waals surface area contributed by atoms with Crippen LogP contribution in [0.4, 0.5) is 11.6 Å². The fourth-order valence-electron chi connectivity index (χ4n) is 2.32. The van der Waals surface area contributed by atoms with Crippen molar-refractivity contribution in [3.8, 4) is 11.7 Å². The molecule has 1 saturated carbocycles. The zero-order chi connectivity index (χ0) is 14.9. The molecule has 0 amide bonds. The molecule has 0 aliphatic heterocycles. The molecule has 1 aliphatic rings. The average molecular weight is 296 g/mol. The molecule has 0 saturated heterocycles. The second kappa shape index (κ2) is 5.29. The van der Waals surface area contributed by atoms with Gasteiger partial charge < -0.3 is 14.3 Å². The Morgan fingerprint density at radius 3 is 2.77 bits per heavy atom. The topological polar surface area (TPSA) is 77.0 Å². The second-order valence-corrected chi connectivity index (χ2v) is 5.58. The predicted molar refractivity (Wildman–Crippen MR) is 80.7 cm³/mol. The van der Waals surface area contributed by atoms with Crippen molar-refractivity contribution in [2.24, 2.45) is 5.92 Å². The monoisotopic (exact) mass is 296 g/mol. The average Bonchev–Trinajstić information content (AvgIpc) is 3.08. The number of anilines is 2. The van der Waals surface area contributed by atoms with Crippen LogP contribution in [0.25, 0.3) is 11.7 Å². The van der Waals surface area contributed by atoms with Gasteiger partial charge in [-0.15, -0.1) is 0 Å². The van der Waals surface area contributed by atoms with E-state index < -0.39 is 0 Å². The first-order valence-electron chi connectivity index (χ1n) is 7.40. The molecule has 0 atom stereocenters. The molecule has 112 valence electrons. The minimum absolute atomic E-state index is 0.352. The third-order valence-corrected chi connectivity index (χ3v) is 3.65. The van der Waals surface area contributed by atoms with Crippen LogP contribution in [0.2, 0.25) is 0 Å². The summed E-state index contributed by atoms with van der Waals surface area (Å²) in [6.07, 6.45) is 3.43. The Bertz CT molecular complexity index is 775. The van der Waals surface area contributed by atoms with Crippen molar-refractivity contribution in [2.45, 2.75) is 26.2 Å². The highest BCUT2D eigenvalue weighted by atomic mass is 16.5. The first kappa shape index (κ1) is 13.1. The molecule has 1 aliphatic carbocycles. The van der Waals surface area contributed by atoms with E-state index in [4.69, 9.17) is 8.94 Å². The van der Waals surface area contributed by atoms with Crippen molar-refractivity contribution in [2.75, 3.05) is 5.32 Å². The number of para-hydroxylation sites is 1. The summed E-state index contributed by atoms with van der Waals surface area (Å²) in [6.45, 7) is 1.89. The van der Waals surface area contributed by atoms with E-state index in [0.29, 0.717) is 17.6 Å². The van der Waals surface area contributed by atoms with E-state index in [1.807, 2.05) is 37.3 Å². The van der Waals surface area contributed by atoms with Crippen LogP contribution in [0.15, 0.2) is 39.3 Å². The summed E-state index contributed by atoms with van der Waals surface area (Å²) in [6, 6.07) is 9.70. The van der Waals surface area contributed by atoms with Crippen molar-refractivity contribution in [1.29, 1.82) is 0 Å². The van der Waals surface area contributed by atoms with Gasteiger partial charge in [0.2, 0.25) is 5.76 Å². The molecule has 1 aromatic carbocycles. The van der Waals surface area contributed by atoms with E-state index in [0.717, 1.165) is 29.6 Å². The summed E-state index contributed by atoms with van der Waals surface area (Å²) in [5, 5.41) is 7.01. The predicted octanol–water partition coefficient (Wildman–Crippen LogP) is 3.73. The standard InChI is InChI=1S/C16H16N4O2/c1-10-14(21-13(17-10)9-11-7-8-11)15-19-16(20-22-15)18-12-5-3-2-4-6-12/h2-6,11H,7-9H2,1H3,(H,18,20). The van der Waals surface area contributed by atoms with Crippen molar-refractivity contribution >= 4 is 11.6 Å². The van der Waals surface area contributed by atoms with Crippen LogP contribution >= 0.6 is 0 Å². The quantitative estimate of drug-likeness (QED) is 0.773. The number of nitrogens with zero attached hydrogens (tertiary/aromatic N) is 3. The maximum Gasteiger partial charge on any atom is 0.297 e. The molecular weight excluding hydrogens is 280 g/mol. The summed E-state index contributed by atoms with van der Waals surface area (Å²) >= 11 is 0. The largest absolute Gasteiger partial charge is 0.435 e. The number of hydrogen-bond acceptors (Lipinski definition) is 6. The van der Waals surface area contributed by atoms with Crippen LogP contribution < -0.4 is 5.32 Å². The number of aromatic nitrogens is 3. The van der Waals surface area contributed by atoms with Gasteiger partial charge in [-0.3, -0.25) is 0 Å². The van der Waals surface area contributed by atoms with Crippen LogP contribution in [0.1, 0.15) is 24.4 Å². The van der Waals surface area contributed by atoms with E-state index in [2.05, 4.69) is 20.4 Å². The van der Waals surface area contributed by atoms with Gasteiger partial charge in [0.1, 0.15) is 0 Å². The fraction of sp³-hybridized carbons (Fsp3) is 0.312. The number of aryl methyl sites for hydroxylation is 1. The smallest absolute Gasteiger partial charge is 0.297 e. The summed E-state index contributed by atoms with van der Waals surface area (Å²) in [7, 11) is 0. The maximum atomic E-state index is 5.78. The minimum Gasteiger partial charge on any atom is -0.435 e. The van der Waals surface area contributed by atoms with Crippen molar-refractivity contribution < 1.29 is 8.94 Å². The van der Waals surface area contributed by atoms with Crippen molar-refractivity contribution in [3.63, 3.8) is 0 Å². The van der Waals surface area contributed by atoms with Crippen LogP contribution in [0.5, 0.6) is 0 Å². The van der Waals surface area contributed by atoms with Gasteiger partial charge in [-0.25, -0.2) is 4.98 Å². The van der Waals surface area contributed by atoms with Gasteiger partial charge >= 0.3 is 0 Å². The van der Waals surface area contributed by atoms with E-state index in [1.165, 1.54) is 12.8 Å². The lowest BCUT2D eigenvalue weighted by atomic mass is 10.3. The number of hydrogen-bond donors (Lipinski definition) is 1. The lowest BCUT2D eigenvalue weighted by molar-refractivity contribution is 0.408. The Hall–Kier alpha value is -2.63. The molecule has 2 heterocycles. The molecule has 2 aromatic heterocycles. The highest BCUT2D eigenvalue weighted by molar-refractivity contribution is 5.55. The molecule has 22 heavy (non-hydrogen) atoms. The number of oxazole rings is 1. The normalized spacial score (nSPS) is 14.2.